The molecule has 0 radical (unpaired) electrons. The molecule has 0 aliphatic heterocycles. The fourth-order valence-electron chi connectivity index (χ4n) is 2.04. The lowest BCUT2D eigenvalue weighted by atomic mass is 10.1. The monoisotopic (exact) mass is 476 g/mol. The van der Waals surface area contributed by atoms with Crippen molar-refractivity contribution in [2.24, 2.45) is 0 Å². The van der Waals surface area contributed by atoms with Crippen LogP contribution in [0, 0.1) is 0 Å². The van der Waals surface area contributed by atoms with Crippen molar-refractivity contribution in [1.82, 2.24) is 10.6 Å². The second-order valence-electron chi connectivity index (χ2n) is 5.95. The zero-order valence-corrected chi connectivity index (χ0v) is 17.4. The number of carboxylic acid groups (broad SMARTS) is 2. The highest BCUT2D eigenvalue weighted by molar-refractivity contribution is 9.10. The van der Waals surface area contributed by atoms with Crippen LogP contribution < -0.4 is 16.4 Å². The summed E-state index contributed by atoms with van der Waals surface area (Å²) in [6.45, 7) is -0.553. The highest BCUT2D eigenvalue weighted by Gasteiger charge is 2.23. The lowest BCUT2D eigenvalue weighted by Gasteiger charge is -2.18. The van der Waals surface area contributed by atoms with Crippen LogP contribution >= 0.6 is 27.7 Å². The summed E-state index contributed by atoms with van der Waals surface area (Å²) in [6.07, 6.45) is -0.0583. The molecular formula is C17H23BrN3O6S+. The van der Waals surface area contributed by atoms with E-state index < -0.39 is 42.4 Å². The van der Waals surface area contributed by atoms with Gasteiger partial charge in [0.1, 0.15) is 12.6 Å². The number of quaternary nitrogens is 1. The average Bonchev–Trinajstić information content (AvgIpc) is 2.64. The molecule has 154 valence electrons. The van der Waals surface area contributed by atoms with E-state index in [0.717, 1.165) is 10.0 Å². The van der Waals surface area contributed by atoms with E-state index >= 15 is 0 Å². The molecule has 9 nitrogen and oxygen atoms in total. The average molecular weight is 477 g/mol. The first-order chi connectivity index (χ1) is 13.2. The number of carbonyl (C=O) groups is 4. The number of halogens is 1. The number of thioether (sulfide) groups is 1. The van der Waals surface area contributed by atoms with E-state index in [-0.39, 0.29) is 18.6 Å². The van der Waals surface area contributed by atoms with Crippen molar-refractivity contribution in [3.63, 3.8) is 0 Å². The summed E-state index contributed by atoms with van der Waals surface area (Å²) in [6, 6.07) is 5.79. The van der Waals surface area contributed by atoms with Gasteiger partial charge in [-0.3, -0.25) is 14.4 Å². The Bertz CT molecular complexity index is 701. The summed E-state index contributed by atoms with van der Waals surface area (Å²) >= 11 is 4.76. The first kappa shape index (κ1) is 23.9. The summed E-state index contributed by atoms with van der Waals surface area (Å²) in [5, 5.41) is 22.3. The first-order valence-electron chi connectivity index (χ1n) is 8.36. The van der Waals surface area contributed by atoms with Crippen LogP contribution in [-0.2, 0) is 24.9 Å². The van der Waals surface area contributed by atoms with Gasteiger partial charge in [0.25, 0.3) is 0 Å². The van der Waals surface area contributed by atoms with E-state index in [1.54, 1.807) is 0 Å². The molecule has 0 aliphatic rings. The predicted octanol–water partition coefficient (Wildman–Crippen LogP) is -0.157. The van der Waals surface area contributed by atoms with Crippen molar-refractivity contribution in [3.05, 3.63) is 34.3 Å². The maximum Gasteiger partial charge on any atom is 0.362 e. The fraction of sp³-hybridized carbons (Fsp3) is 0.412. The van der Waals surface area contributed by atoms with E-state index in [0.29, 0.717) is 5.75 Å². The smallest absolute Gasteiger partial charge is 0.362 e. The molecule has 1 aromatic carbocycles. The largest absolute Gasteiger partial charge is 0.480 e. The van der Waals surface area contributed by atoms with Crippen molar-refractivity contribution in [1.29, 1.82) is 0 Å². The molecule has 11 heteroatoms. The Labute approximate surface area is 174 Å². The quantitative estimate of drug-likeness (QED) is 0.280. The Morgan fingerprint density at radius 2 is 1.79 bits per heavy atom. The number of rotatable bonds is 12. The van der Waals surface area contributed by atoms with E-state index in [2.05, 4.69) is 32.3 Å². The van der Waals surface area contributed by atoms with E-state index in [1.165, 1.54) is 11.8 Å². The van der Waals surface area contributed by atoms with Crippen molar-refractivity contribution in [2.45, 2.75) is 30.7 Å². The van der Waals surface area contributed by atoms with E-state index in [1.807, 2.05) is 24.3 Å². The molecule has 0 saturated heterocycles. The van der Waals surface area contributed by atoms with Crippen molar-refractivity contribution in [3.8, 4) is 0 Å². The molecule has 0 bridgehead atoms. The van der Waals surface area contributed by atoms with Crippen LogP contribution in [0.5, 0.6) is 0 Å². The Morgan fingerprint density at radius 3 is 2.36 bits per heavy atom. The van der Waals surface area contributed by atoms with Crippen LogP contribution in [-0.4, -0.2) is 58.3 Å². The van der Waals surface area contributed by atoms with Crippen LogP contribution in [0.4, 0.5) is 0 Å². The van der Waals surface area contributed by atoms with Crippen LogP contribution in [0.1, 0.15) is 18.4 Å². The van der Waals surface area contributed by atoms with Gasteiger partial charge in [-0.25, -0.2) is 4.79 Å². The van der Waals surface area contributed by atoms with Crippen LogP contribution in [0.25, 0.3) is 0 Å². The minimum atomic E-state index is -1.19. The van der Waals surface area contributed by atoms with Crippen molar-refractivity contribution >= 4 is 51.4 Å². The summed E-state index contributed by atoms with van der Waals surface area (Å²) in [5.74, 6) is -2.56. The van der Waals surface area contributed by atoms with Gasteiger partial charge in [0.2, 0.25) is 11.8 Å². The number of carboxylic acids is 2. The van der Waals surface area contributed by atoms with Crippen molar-refractivity contribution in [2.75, 3.05) is 12.3 Å². The van der Waals surface area contributed by atoms with Crippen LogP contribution in [0.15, 0.2) is 28.7 Å². The molecule has 0 spiro atoms. The zero-order chi connectivity index (χ0) is 21.1. The Morgan fingerprint density at radius 1 is 1.14 bits per heavy atom. The summed E-state index contributed by atoms with van der Waals surface area (Å²) in [7, 11) is 0. The summed E-state index contributed by atoms with van der Waals surface area (Å²) < 4.78 is 0.949. The molecule has 0 aromatic heterocycles. The third-order valence-electron chi connectivity index (χ3n) is 3.60. The number of amides is 2. The Balaban J connectivity index is 2.60. The molecular weight excluding hydrogens is 454 g/mol. The second-order valence-corrected chi connectivity index (χ2v) is 7.89. The fourth-order valence-corrected chi connectivity index (χ4v) is 3.32. The molecule has 0 heterocycles. The zero-order valence-electron chi connectivity index (χ0n) is 15.0. The third kappa shape index (κ3) is 9.72. The molecule has 2 atom stereocenters. The molecule has 0 fully saturated rings. The molecule has 1 aromatic rings. The minimum absolute atomic E-state index is 0.0384. The highest BCUT2D eigenvalue weighted by atomic mass is 79.9. The molecule has 0 aliphatic carbocycles. The predicted molar refractivity (Wildman–Crippen MR) is 106 cm³/mol. The molecule has 2 amide bonds. The van der Waals surface area contributed by atoms with Crippen LogP contribution in [0.2, 0.25) is 0 Å². The highest BCUT2D eigenvalue weighted by Crippen LogP contribution is 2.16. The molecule has 1 rings (SSSR count). The van der Waals surface area contributed by atoms with Gasteiger partial charge in [-0.2, -0.15) is 11.8 Å². The molecule has 0 unspecified atom stereocenters. The van der Waals surface area contributed by atoms with Gasteiger partial charge in [0.05, 0.1) is 0 Å². The second kappa shape index (κ2) is 12.4. The summed E-state index contributed by atoms with van der Waals surface area (Å²) in [5.41, 5.74) is 4.46. The number of carbonyl (C=O) groups excluding carboxylic acids is 2. The third-order valence-corrected chi connectivity index (χ3v) is 5.24. The number of aliphatic carboxylic acids is 2. The van der Waals surface area contributed by atoms with Gasteiger partial charge in [-0.15, -0.1) is 0 Å². The molecule has 28 heavy (non-hydrogen) atoms. The number of benzene rings is 1. The first-order valence-corrected chi connectivity index (χ1v) is 10.3. The van der Waals surface area contributed by atoms with Crippen LogP contribution in [0.3, 0.4) is 0 Å². The lowest BCUT2D eigenvalue weighted by molar-refractivity contribution is -0.408. The maximum atomic E-state index is 12.2. The van der Waals surface area contributed by atoms with E-state index in [4.69, 9.17) is 10.2 Å². The van der Waals surface area contributed by atoms with Gasteiger partial charge in [-0.05, 0) is 17.7 Å². The van der Waals surface area contributed by atoms with E-state index in [9.17, 15) is 19.2 Å². The Hall–Kier alpha value is -2.11. The van der Waals surface area contributed by atoms with Gasteiger partial charge in [0, 0.05) is 28.8 Å². The van der Waals surface area contributed by atoms with Crippen molar-refractivity contribution < 1.29 is 35.1 Å². The lowest BCUT2D eigenvalue weighted by Crippen LogP contribution is -2.65. The maximum absolute atomic E-state index is 12.2. The van der Waals surface area contributed by atoms with Gasteiger partial charge >= 0.3 is 11.9 Å². The molecule has 0 saturated carbocycles. The number of hydrogen-bond donors (Lipinski definition) is 5. The number of nitrogens with one attached hydrogen (secondary N) is 2. The normalized spacial score (nSPS) is 12.6. The SMILES string of the molecule is [NH3+][C@@H](CCC(=O)N[C@@H](CSCc1ccc(Br)cc1)C(=O)NCC(=O)O)C(=O)O. The number of hydrogen-bond acceptors (Lipinski definition) is 5. The molecule has 7 N–H and O–H groups in total. The Kier molecular flexibility index (Phi) is 10.6. The summed E-state index contributed by atoms with van der Waals surface area (Å²) in [4.78, 5) is 45.7. The topological polar surface area (TPSA) is 160 Å². The standard InChI is InChI=1S/C17H22BrN3O6S/c18-11-3-1-10(2-4-11)8-28-9-13(16(25)20-7-15(23)24)21-14(22)6-5-12(19)17(26)27/h1-4,12-13H,5-9,19H2,(H,20,25)(H,21,22)(H,23,24)(H,26,27)/p+1/t12-,13-/m0/s1. The van der Waals surface area contributed by atoms with Gasteiger partial charge in [-0.1, -0.05) is 28.1 Å². The van der Waals surface area contributed by atoms with Gasteiger partial charge in [0.15, 0.2) is 6.04 Å². The van der Waals surface area contributed by atoms with Gasteiger partial charge < -0.3 is 26.6 Å². The minimum Gasteiger partial charge on any atom is -0.480 e.